The molecule has 160 valence electrons. The molecule has 0 saturated carbocycles. The Morgan fingerprint density at radius 3 is 2.69 bits per heavy atom. The van der Waals surface area contributed by atoms with Gasteiger partial charge in [-0.1, -0.05) is 36.4 Å². The van der Waals surface area contributed by atoms with Crippen molar-refractivity contribution in [2.45, 2.75) is 26.3 Å². The maximum Gasteiger partial charge on any atom is 0.339 e. The van der Waals surface area contributed by atoms with E-state index < -0.39 is 5.97 Å². The zero-order chi connectivity index (χ0) is 22.2. The van der Waals surface area contributed by atoms with Crippen LogP contribution in [0, 0.1) is 6.92 Å². The van der Waals surface area contributed by atoms with Crippen molar-refractivity contribution in [2.75, 3.05) is 11.5 Å². The summed E-state index contributed by atoms with van der Waals surface area (Å²) in [4.78, 5) is 32.3. The van der Waals surface area contributed by atoms with Gasteiger partial charge in [0.25, 0.3) is 5.91 Å². The summed E-state index contributed by atoms with van der Waals surface area (Å²) in [5, 5.41) is 0.664. The molecule has 1 atom stereocenters. The minimum atomic E-state index is -0.568. The molecule has 32 heavy (non-hydrogen) atoms. The third-order valence-corrected chi connectivity index (χ3v) is 5.73. The fraction of sp³-hybridized carbons (Fsp3) is 0.192. The second-order valence-electron chi connectivity index (χ2n) is 8.00. The van der Waals surface area contributed by atoms with E-state index in [0.717, 1.165) is 23.4 Å². The van der Waals surface area contributed by atoms with E-state index >= 15 is 0 Å². The minimum Gasteiger partial charge on any atom is -0.460 e. The highest BCUT2D eigenvalue weighted by molar-refractivity contribution is 6.06. The molecule has 4 aromatic rings. The Kier molecular flexibility index (Phi) is 4.98. The molecule has 0 saturated heterocycles. The summed E-state index contributed by atoms with van der Waals surface area (Å²) in [5.74, 6) is 0.517. The zero-order valence-corrected chi connectivity index (χ0v) is 17.9. The van der Waals surface area contributed by atoms with Crippen molar-refractivity contribution in [3.63, 3.8) is 0 Å². The lowest BCUT2D eigenvalue weighted by molar-refractivity contribution is -0.122. The molecule has 1 amide bonds. The molecule has 1 aliphatic heterocycles. The standard InChI is InChI=1S/C26H22N2O4/c1-16-13-18-7-3-6-10-23(18)28(16)25(29)15-31-26(30)20-14-22(24-12-11-17(2)32-24)27-21-9-5-4-8-19(20)21/h3-12,14,16H,13,15H2,1-2H3. The minimum absolute atomic E-state index is 0.0224. The summed E-state index contributed by atoms with van der Waals surface area (Å²) in [7, 11) is 0. The summed E-state index contributed by atoms with van der Waals surface area (Å²) in [6.07, 6.45) is 0.788. The molecular weight excluding hydrogens is 404 g/mol. The number of pyridine rings is 1. The topological polar surface area (TPSA) is 72.6 Å². The van der Waals surface area contributed by atoms with Crippen LogP contribution in [0.3, 0.4) is 0 Å². The third-order valence-electron chi connectivity index (χ3n) is 5.73. The van der Waals surface area contributed by atoms with Crippen molar-refractivity contribution in [2.24, 2.45) is 0 Å². The van der Waals surface area contributed by atoms with Gasteiger partial charge in [-0.3, -0.25) is 4.79 Å². The van der Waals surface area contributed by atoms with E-state index in [0.29, 0.717) is 27.9 Å². The highest BCUT2D eigenvalue weighted by atomic mass is 16.5. The first kappa shape index (κ1) is 20.0. The van der Waals surface area contributed by atoms with Gasteiger partial charge in [0.2, 0.25) is 0 Å². The fourth-order valence-electron chi connectivity index (χ4n) is 4.26. The van der Waals surface area contributed by atoms with Crippen LogP contribution in [-0.2, 0) is 16.0 Å². The van der Waals surface area contributed by atoms with Gasteiger partial charge in [0.1, 0.15) is 11.5 Å². The number of carbonyl (C=O) groups excluding carboxylic acids is 2. The van der Waals surface area contributed by atoms with E-state index in [9.17, 15) is 9.59 Å². The van der Waals surface area contributed by atoms with Gasteiger partial charge in [0.15, 0.2) is 12.4 Å². The van der Waals surface area contributed by atoms with E-state index in [4.69, 9.17) is 9.15 Å². The van der Waals surface area contributed by atoms with Crippen molar-refractivity contribution in [3.05, 3.63) is 83.6 Å². The lowest BCUT2D eigenvalue weighted by atomic mass is 10.1. The molecule has 0 spiro atoms. The van der Waals surface area contributed by atoms with Crippen LogP contribution in [0.5, 0.6) is 0 Å². The highest BCUT2D eigenvalue weighted by Gasteiger charge is 2.31. The second kappa shape index (κ2) is 7.96. The van der Waals surface area contributed by atoms with Crippen molar-refractivity contribution < 1.29 is 18.7 Å². The predicted octanol–water partition coefficient (Wildman–Crippen LogP) is 4.94. The summed E-state index contributed by atoms with van der Waals surface area (Å²) in [6, 6.07) is 20.5. The Bertz CT molecular complexity index is 1340. The summed E-state index contributed by atoms with van der Waals surface area (Å²) in [6.45, 7) is 3.51. The Balaban J connectivity index is 1.41. The summed E-state index contributed by atoms with van der Waals surface area (Å²) >= 11 is 0. The Morgan fingerprint density at radius 1 is 1.09 bits per heavy atom. The lowest BCUT2D eigenvalue weighted by Crippen LogP contribution is -2.38. The van der Waals surface area contributed by atoms with Gasteiger partial charge in [-0.05, 0) is 56.2 Å². The first-order valence-electron chi connectivity index (χ1n) is 10.5. The zero-order valence-electron chi connectivity index (χ0n) is 17.9. The number of rotatable bonds is 4. The van der Waals surface area contributed by atoms with Gasteiger partial charge >= 0.3 is 5.97 Å². The molecule has 2 aromatic heterocycles. The normalized spacial score (nSPS) is 15.1. The van der Waals surface area contributed by atoms with Crippen molar-refractivity contribution in [1.29, 1.82) is 0 Å². The number of hydrogen-bond donors (Lipinski definition) is 0. The predicted molar refractivity (Wildman–Crippen MR) is 122 cm³/mol. The average Bonchev–Trinajstić information content (AvgIpc) is 3.38. The number of aryl methyl sites for hydroxylation is 1. The second-order valence-corrected chi connectivity index (χ2v) is 8.00. The number of nitrogens with zero attached hydrogens (tertiary/aromatic N) is 2. The lowest BCUT2D eigenvalue weighted by Gasteiger charge is -2.22. The number of ether oxygens (including phenoxy) is 1. The molecule has 6 heteroatoms. The number of furan rings is 1. The quantitative estimate of drug-likeness (QED) is 0.432. The van der Waals surface area contributed by atoms with Crippen LogP contribution in [0.15, 0.2) is 71.1 Å². The largest absolute Gasteiger partial charge is 0.460 e. The molecule has 0 bridgehead atoms. The van der Waals surface area contributed by atoms with E-state index in [1.54, 1.807) is 11.0 Å². The maximum atomic E-state index is 13.0. The molecule has 5 rings (SSSR count). The number of amides is 1. The number of para-hydroxylation sites is 2. The smallest absolute Gasteiger partial charge is 0.339 e. The van der Waals surface area contributed by atoms with Crippen LogP contribution >= 0.6 is 0 Å². The van der Waals surface area contributed by atoms with Crippen LogP contribution in [0.4, 0.5) is 5.69 Å². The maximum absolute atomic E-state index is 13.0. The van der Waals surface area contributed by atoms with E-state index in [2.05, 4.69) is 4.98 Å². The SMILES string of the molecule is Cc1ccc(-c2cc(C(=O)OCC(=O)N3c4ccccc4CC3C)c3ccccc3n2)o1. The van der Waals surface area contributed by atoms with Gasteiger partial charge in [-0.2, -0.15) is 0 Å². The molecule has 1 unspecified atom stereocenters. The molecule has 0 aliphatic carbocycles. The molecule has 0 N–H and O–H groups in total. The van der Waals surface area contributed by atoms with Crippen molar-refractivity contribution in [1.82, 2.24) is 4.98 Å². The Labute approximate surface area is 185 Å². The molecule has 6 nitrogen and oxygen atoms in total. The van der Waals surface area contributed by atoms with Gasteiger partial charge in [0.05, 0.1) is 11.1 Å². The van der Waals surface area contributed by atoms with Crippen LogP contribution in [0.1, 0.15) is 28.6 Å². The number of carbonyl (C=O) groups is 2. The van der Waals surface area contributed by atoms with Crippen molar-refractivity contribution >= 4 is 28.5 Å². The molecule has 3 heterocycles. The number of aromatic nitrogens is 1. The number of benzene rings is 2. The van der Waals surface area contributed by atoms with Crippen LogP contribution < -0.4 is 4.90 Å². The fourth-order valence-corrected chi connectivity index (χ4v) is 4.26. The average molecular weight is 426 g/mol. The number of fused-ring (bicyclic) bond motifs is 2. The van der Waals surface area contributed by atoms with Gasteiger partial charge in [-0.25, -0.2) is 9.78 Å². The molecule has 0 radical (unpaired) electrons. The molecule has 2 aromatic carbocycles. The van der Waals surface area contributed by atoms with Crippen LogP contribution in [0.2, 0.25) is 0 Å². The van der Waals surface area contributed by atoms with E-state index in [-0.39, 0.29) is 18.6 Å². The van der Waals surface area contributed by atoms with Gasteiger partial charge < -0.3 is 14.1 Å². The van der Waals surface area contributed by atoms with Crippen LogP contribution in [-0.4, -0.2) is 29.5 Å². The first-order chi connectivity index (χ1) is 15.5. The number of anilines is 1. The van der Waals surface area contributed by atoms with Gasteiger partial charge in [0, 0.05) is 17.1 Å². The summed E-state index contributed by atoms with van der Waals surface area (Å²) < 4.78 is 11.2. The highest BCUT2D eigenvalue weighted by Crippen LogP contribution is 2.32. The third kappa shape index (κ3) is 3.54. The number of esters is 1. The molecular formula is C26H22N2O4. The Morgan fingerprint density at radius 2 is 1.88 bits per heavy atom. The number of hydrogen-bond acceptors (Lipinski definition) is 5. The summed E-state index contributed by atoms with van der Waals surface area (Å²) in [5.41, 5.74) is 3.54. The van der Waals surface area contributed by atoms with Crippen molar-refractivity contribution in [3.8, 4) is 11.5 Å². The van der Waals surface area contributed by atoms with E-state index in [1.807, 2.05) is 74.5 Å². The monoisotopic (exact) mass is 426 g/mol. The Hall–Kier alpha value is -3.93. The first-order valence-corrected chi connectivity index (χ1v) is 10.5. The van der Waals surface area contributed by atoms with Crippen LogP contribution in [0.25, 0.3) is 22.4 Å². The molecule has 1 aliphatic rings. The van der Waals surface area contributed by atoms with Gasteiger partial charge in [-0.15, -0.1) is 0 Å². The molecule has 0 fully saturated rings. The van der Waals surface area contributed by atoms with E-state index in [1.165, 1.54) is 0 Å².